The molecule has 1 aromatic carbocycles. The molecule has 4 rings (SSSR count). The molecular weight excluding hydrogens is 382 g/mol. The Bertz CT molecular complexity index is 1070. The Balaban J connectivity index is 1.58. The third kappa shape index (κ3) is 3.81. The minimum atomic E-state index is -0.196. The predicted octanol–water partition coefficient (Wildman–Crippen LogP) is 3.04. The van der Waals surface area contributed by atoms with Gasteiger partial charge in [-0.15, -0.1) is 0 Å². The van der Waals surface area contributed by atoms with Crippen LogP contribution in [0, 0.1) is 0 Å². The number of nitrogens with zero attached hydrogens (tertiary/aromatic N) is 1. The van der Waals surface area contributed by atoms with Gasteiger partial charge < -0.3 is 19.6 Å². The van der Waals surface area contributed by atoms with E-state index in [9.17, 15) is 9.59 Å². The summed E-state index contributed by atoms with van der Waals surface area (Å²) in [6.07, 6.45) is 5.25. The van der Waals surface area contributed by atoms with Crippen molar-refractivity contribution in [3.05, 3.63) is 65.1 Å². The SMILES string of the molecule is O=C(Cn1cc(C=C2SC(=S)NC2=O)c2ccccc21)NCc1ccco1. The Morgan fingerprint density at radius 2 is 2.15 bits per heavy atom. The Morgan fingerprint density at radius 3 is 2.89 bits per heavy atom. The maximum atomic E-state index is 12.3. The van der Waals surface area contributed by atoms with E-state index in [4.69, 9.17) is 16.6 Å². The molecule has 3 aromatic rings. The van der Waals surface area contributed by atoms with Gasteiger partial charge in [0.25, 0.3) is 5.91 Å². The normalized spacial score (nSPS) is 15.5. The zero-order chi connectivity index (χ0) is 18.8. The quantitative estimate of drug-likeness (QED) is 0.511. The second-order valence-electron chi connectivity index (χ2n) is 5.94. The van der Waals surface area contributed by atoms with Gasteiger partial charge in [0, 0.05) is 22.7 Å². The van der Waals surface area contributed by atoms with Crippen molar-refractivity contribution in [1.29, 1.82) is 0 Å². The highest BCUT2D eigenvalue weighted by molar-refractivity contribution is 8.26. The molecule has 3 heterocycles. The number of para-hydroxylation sites is 1. The van der Waals surface area contributed by atoms with Crippen LogP contribution in [0.3, 0.4) is 0 Å². The Labute approximate surface area is 164 Å². The predicted molar refractivity (Wildman–Crippen MR) is 109 cm³/mol. The maximum absolute atomic E-state index is 12.3. The fraction of sp³-hybridized carbons (Fsp3) is 0.105. The first-order valence-corrected chi connectivity index (χ1v) is 9.44. The van der Waals surface area contributed by atoms with Crippen molar-refractivity contribution in [3.8, 4) is 0 Å². The monoisotopic (exact) mass is 397 g/mol. The average molecular weight is 397 g/mol. The number of benzene rings is 1. The van der Waals surface area contributed by atoms with Crippen LogP contribution in [0.25, 0.3) is 17.0 Å². The maximum Gasteiger partial charge on any atom is 0.263 e. The molecule has 0 saturated carbocycles. The van der Waals surface area contributed by atoms with Crippen LogP contribution in [0.2, 0.25) is 0 Å². The molecule has 6 nitrogen and oxygen atoms in total. The zero-order valence-electron chi connectivity index (χ0n) is 14.1. The molecule has 136 valence electrons. The highest BCUT2D eigenvalue weighted by atomic mass is 32.2. The van der Waals surface area contributed by atoms with Crippen LogP contribution in [0.15, 0.2) is 58.2 Å². The van der Waals surface area contributed by atoms with Gasteiger partial charge in [0.05, 0.1) is 17.7 Å². The number of thioether (sulfide) groups is 1. The lowest BCUT2D eigenvalue weighted by atomic mass is 10.1. The lowest BCUT2D eigenvalue weighted by Crippen LogP contribution is -2.26. The van der Waals surface area contributed by atoms with E-state index in [0.717, 1.165) is 16.5 Å². The van der Waals surface area contributed by atoms with Crippen molar-refractivity contribution in [1.82, 2.24) is 15.2 Å². The molecule has 1 aliphatic rings. The fourth-order valence-electron chi connectivity index (χ4n) is 2.89. The lowest BCUT2D eigenvalue weighted by Gasteiger charge is -2.06. The summed E-state index contributed by atoms with van der Waals surface area (Å²) in [6.45, 7) is 0.512. The molecular formula is C19H15N3O3S2. The Morgan fingerprint density at radius 1 is 1.30 bits per heavy atom. The van der Waals surface area contributed by atoms with Crippen molar-refractivity contribution in [3.63, 3.8) is 0 Å². The third-order valence-corrected chi connectivity index (χ3v) is 5.26. The van der Waals surface area contributed by atoms with E-state index in [2.05, 4.69) is 10.6 Å². The summed E-state index contributed by atoms with van der Waals surface area (Å²) >= 11 is 6.27. The number of aromatic nitrogens is 1. The van der Waals surface area contributed by atoms with Crippen molar-refractivity contribution < 1.29 is 14.0 Å². The standard InChI is InChI=1S/C19H15N3O3S2/c23-17(20-9-13-4-3-7-25-13)11-22-10-12(14-5-1-2-6-15(14)22)8-16-18(24)21-19(26)27-16/h1-8,10H,9,11H2,(H,20,23)(H,21,24,26). The van der Waals surface area contributed by atoms with E-state index in [1.807, 2.05) is 41.1 Å². The first-order chi connectivity index (χ1) is 13.1. The molecule has 2 N–H and O–H groups in total. The van der Waals surface area contributed by atoms with Gasteiger partial charge in [-0.1, -0.05) is 42.2 Å². The van der Waals surface area contributed by atoms with Crippen LogP contribution in [0.4, 0.5) is 0 Å². The second-order valence-corrected chi connectivity index (χ2v) is 7.66. The molecule has 1 aliphatic heterocycles. The number of hydrogen-bond donors (Lipinski definition) is 2. The van der Waals surface area contributed by atoms with Crippen molar-refractivity contribution >= 4 is 57.1 Å². The van der Waals surface area contributed by atoms with Gasteiger partial charge in [0.1, 0.15) is 16.6 Å². The average Bonchev–Trinajstić information content (AvgIpc) is 3.35. The Hall–Kier alpha value is -2.84. The molecule has 0 bridgehead atoms. The van der Waals surface area contributed by atoms with Crippen LogP contribution in [-0.2, 0) is 22.7 Å². The summed E-state index contributed by atoms with van der Waals surface area (Å²) in [6, 6.07) is 11.4. The summed E-state index contributed by atoms with van der Waals surface area (Å²) in [5, 5.41) is 6.42. The lowest BCUT2D eigenvalue weighted by molar-refractivity contribution is -0.121. The summed E-state index contributed by atoms with van der Waals surface area (Å²) in [5.74, 6) is 0.380. The van der Waals surface area contributed by atoms with Gasteiger partial charge in [0.15, 0.2) is 0 Å². The molecule has 2 aromatic heterocycles. The number of furan rings is 1. The van der Waals surface area contributed by atoms with E-state index in [1.165, 1.54) is 11.8 Å². The molecule has 0 aliphatic carbocycles. The van der Waals surface area contributed by atoms with Gasteiger partial charge in [0.2, 0.25) is 5.91 Å². The molecule has 2 amide bonds. The van der Waals surface area contributed by atoms with Crippen molar-refractivity contribution in [2.45, 2.75) is 13.1 Å². The number of fused-ring (bicyclic) bond motifs is 1. The molecule has 0 atom stereocenters. The van der Waals surface area contributed by atoms with E-state index in [-0.39, 0.29) is 18.4 Å². The molecule has 8 heteroatoms. The second kappa shape index (κ2) is 7.42. The number of carbonyl (C=O) groups is 2. The van der Waals surface area contributed by atoms with Gasteiger partial charge in [-0.25, -0.2) is 0 Å². The third-order valence-electron chi connectivity index (χ3n) is 4.10. The fourth-order valence-corrected chi connectivity index (χ4v) is 3.93. The minimum Gasteiger partial charge on any atom is -0.467 e. The van der Waals surface area contributed by atoms with E-state index >= 15 is 0 Å². The van der Waals surface area contributed by atoms with Crippen LogP contribution < -0.4 is 10.6 Å². The number of rotatable bonds is 5. The largest absolute Gasteiger partial charge is 0.467 e. The van der Waals surface area contributed by atoms with E-state index in [1.54, 1.807) is 18.4 Å². The summed E-state index contributed by atoms with van der Waals surface area (Å²) in [5.41, 5.74) is 1.79. The highest BCUT2D eigenvalue weighted by Gasteiger charge is 2.22. The van der Waals surface area contributed by atoms with Crippen LogP contribution >= 0.6 is 24.0 Å². The van der Waals surface area contributed by atoms with Gasteiger partial charge in [-0.3, -0.25) is 9.59 Å². The van der Waals surface area contributed by atoms with Crippen LogP contribution in [-0.4, -0.2) is 20.7 Å². The molecule has 1 fully saturated rings. The van der Waals surface area contributed by atoms with Crippen molar-refractivity contribution in [2.75, 3.05) is 0 Å². The van der Waals surface area contributed by atoms with E-state index in [0.29, 0.717) is 21.5 Å². The number of hydrogen-bond acceptors (Lipinski definition) is 5. The van der Waals surface area contributed by atoms with Crippen LogP contribution in [0.1, 0.15) is 11.3 Å². The summed E-state index contributed by atoms with van der Waals surface area (Å²) in [7, 11) is 0. The minimum absolute atomic E-state index is 0.125. The molecule has 0 unspecified atom stereocenters. The van der Waals surface area contributed by atoms with E-state index < -0.39 is 0 Å². The van der Waals surface area contributed by atoms with Crippen molar-refractivity contribution in [2.24, 2.45) is 0 Å². The molecule has 0 spiro atoms. The highest BCUT2D eigenvalue weighted by Crippen LogP contribution is 2.29. The van der Waals surface area contributed by atoms with Crippen LogP contribution in [0.5, 0.6) is 0 Å². The van der Waals surface area contributed by atoms with Gasteiger partial charge in [-0.05, 0) is 24.3 Å². The summed E-state index contributed by atoms with van der Waals surface area (Å²) < 4.78 is 7.54. The first kappa shape index (κ1) is 17.6. The molecule has 27 heavy (non-hydrogen) atoms. The zero-order valence-corrected chi connectivity index (χ0v) is 15.7. The number of carbonyl (C=O) groups excluding carboxylic acids is 2. The smallest absolute Gasteiger partial charge is 0.263 e. The summed E-state index contributed by atoms with van der Waals surface area (Å²) in [4.78, 5) is 24.8. The van der Waals surface area contributed by atoms with Gasteiger partial charge >= 0.3 is 0 Å². The molecule has 1 saturated heterocycles. The van der Waals surface area contributed by atoms with Gasteiger partial charge in [-0.2, -0.15) is 0 Å². The Kier molecular flexibility index (Phi) is 4.83. The number of amides is 2. The topological polar surface area (TPSA) is 76.3 Å². The number of thiocarbonyl (C=S) groups is 1. The molecule has 0 radical (unpaired) electrons. The first-order valence-electron chi connectivity index (χ1n) is 8.22. The number of nitrogens with one attached hydrogen (secondary N) is 2.